The van der Waals surface area contributed by atoms with Crippen LogP contribution in [0, 0.1) is 0 Å². The van der Waals surface area contributed by atoms with Crippen molar-refractivity contribution in [1.82, 2.24) is 15.3 Å². The fourth-order valence-electron chi connectivity index (χ4n) is 2.76. The van der Waals surface area contributed by atoms with E-state index >= 15 is 0 Å². The van der Waals surface area contributed by atoms with Gasteiger partial charge in [0, 0.05) is 11.6 Å². The Balaban J connectivity index is 1.77. The fraction of sp³-hybridized carbons (Fsp3) is 0.368. The van der Waals surface area contributed by atoms with E-state index in [1.165, 1.54) is 6.20 Å². The minimum absolute atomic E-state index is 0.0862. The van der Waals surface area contributed by atoms with Gasteiger partial charge in [-0.15, -0.1) is 0 Å². The number of aromatic nitrogens is 2. The molecule has 1 N–H and O–H groups in total. The summed E-state index contributed by atoms with van der Waals surface area (Å²) in [7, 11) is 0. The van der Waals surface area contributed by atoms with Gasteiger partial charge in [-0.2, -0.15) is 0 Å². The van der Waals surface area contributed by atoms with Crippen molar-refractivity contribution >= 4 is 29.3 Å². The molecule has 2 aromatic rings. The molecule has 1 saturated heterocycles. The summed E-state index contributed by atoms with van der Waals surface area (Å²) in [5.74, 6) is 0.276. The molecule has 2 heterocycles. The number of amides is 2. The van der Waals surface area contributed by atoms with E-state index in [2.05, 4.69) is 15.3 Å². The van der Waals surface area contributed by atoms with Crippen LogP contribution in [-0.2, 0) is 4.74 Å². The number of carbonyl (C=O) groups excluding carboxylic acids is 2. The predicted molar refractivity (Wildman–Crippen MR) is 102 cm³/mol. The van der Waals surface area contributed by atoms with E-state index in [4.69, 9.17) is 16.3 Å². The molecule has 2 amide bonds. The molecule has 8 heteroatoms. The van der Waals surface area contributed by atoms with Gasteiger partial charge in [0.25, 0.3) is 5.91 Å². The average molecular weight is 389 g/mol. The summed E-state index contributed by atoms with van der Waals surface area (Å²) in [6.45, 7) is 6.64. The number of benzene rings is 1. The molecule has 1 aliphatic heterocycles. The Labute approximate surface area is 162 Å². The second-order valence-electron chi connectivity index (χ2n) is 6.64. The van der Waals surface area contributed by atoms with Gasteiger partial charge in [-0.1, -0.05) is 37.6 Å². The van der Waals surface area contributed by atoms with E-state index in [1.54, 1.807) is 4.90 Å². The zero-order valence-electron chi connectivity index (χ0n) is 15.4. The highest BCUT2D eigenvalue weighted by Gasteiger charge is 2.24. The van der Waals surface area contributed by atoms with Gasteiger partial charge in [0.2, 0.25) is 0 Å². The van der Waals surface area contributed by atoms with Crippen LogP contribution in [0.4, 0.5) is 10.5 Å². The molecule has 1 unspecified atom stereocenters. The number of hydrogen-bond acceptors (Lipinski definition) is 5. The van der Waals surface area contributed by atoms with Gasteiger partial charge in [0.1, 0.15) is 18.1 Å². The lowest BCUT2D eigenvalue weighted by atomic mass is 10.1. The molecule has 3 rings (SSSR count). The molecule has 0 saturated carbocycles. The van der Waals surface area contributed by atoms with Crippen molar-refractivity contribution < 1.29 is 14.3 Å². The lowest BCUT2D eigenvalue weighted by Crippen LogP contribution is -2.29. The fourth-order valence-corrected chi connectivity index (χ4v) is 2.93. The molecule has 0 spiro atoms. The molecular weight excluding hydrogens is 368 g/mol. The Bertz CT molecular complexity index is 872. The van der Waals surface area contributed by atoms with Crippen molar-refractivity contribution in [3.63, 3.8) is 0 Å². The minimum atomic E-state index is -0.372. The van der Waals surface area contributed by atoms with Crippen LogP contribution in [0.15, 0.2) is 30.5 Å². The third-order valence-corrected chi connectivity index (χ3v) is 4.56. The normalized spacial score (nSPS) is 15.0. The smallest absolute Gasteiger partial charge is 0.414 e. The maximum absolute atomic E-state index is 12.6. The van der Waals surface area contributed by atoms with Crippen molar-refractivity contribution in [3.8, 4) is 0 Å². The molecule has 27 heavy (non-hydrogen) atoms. The standard InChI is InChI=1S/C19H21ClN4O3/c1-11(2)17-21-10-15(20)16(23-17)18(25)22-12(3)13-5-4-6-14(9-13)24-7-8-27-19(24)26/h4-6,9-12H,7-8H2,1-3H3,(H,22,25). The number of hydrogen-bond donors (Lipinski definition) is 1. The molecule has 0 radical (unpaired) electrons. The molecule has 1 atom stereocenters. The topological polar surface area (TPSA) is 84.4 Å². The van der Waals surface area contributed by atoms with Crippen LogP contribution in [-0.4, -0.2) is 35.1 Å². The van der Waals surface area contributed by atoms with Crippen molar-refractivity contribution in [1.29, 1.82) is 0 Å². The second kappa shape index (κ2) is 7.92. The summed E-state index contributed by atoms with van der Waals surface area (Å²) < 4.78 is 4.97. The van der Waals surface area contributed by atoms with Crippen molar-refractivity contribution in [2.45, 2.75) is 32.7 Å². The SMILES string of the molecule is CC(C)c1ncc(Cl)c(C(=O)NC(C)c2cccc(N3CCOC3=O)c2)n1. The lowest BCUT2D eigenvalue weighted by molar-refractivity contribution is 0.0934. The third-order valence-electron chi connectivity index (χ3n) is 4.28. The molecule has 0 aliphatic carbocycles. The quantitative estimate of drug-likeness (QED) is 0.844. The summed E-state index contributed by atoms with van der Waals surface area (Å²) in [5, 5.41) is 3.11. The van der Waals surface area contributed by atoms with Crippen LogP contribution < -0.4 is 10.2 Å². The van der Waals surface area contributed by atoms with Gasteiger partial charge in [0.15, 0.2) is 0 Å². The maximum Gasteiger partial charge on any atom is 0.414 e. The first-order valence-electron chi connectivity index (χ1n) is 8.74. The summed E-state index contributed by atoms with van der Waals surface area (Å²) >= 11 is 6.11. The van der Waals surface area contributed by atoms with Gasteiger partial charge in [-0.05, 0) is 24.6 Å². The molecule has 1 aromatic carbocycles. The summed E-state index contributed by atoms with van der Waals surface area (Å²) in [5.41, 5.74) is 1.74. The van der Waals surface area contributed by atoms with Crippen molar-refractivity contribution in [2.75, 3.05) is 18.1 Å². The van der Waals surface area contributed by atoms with E-state index < -0.39 is 0 Å². The van der Waals surface area contributed by atoms with E-state index in [1.807, 2.05) is 45.0 Å². The van der Waals surface area contributed by atoms with Crippen molar-refractivity contribution in [3.05, 3.63) is 52.6 Å². The number of anilines is 1. The highest BCUT2D eigenvalue weighted by Crippen LogP contribution is 2.24. The lowest BCUT2D eigenvalue weighted by Gasteiger charge is -2.18. The Morgan fingerprint density at radius 2 is 2.11 bits per heavy atom. The Hall–Kier alpha value is -2.67. The predicted octanol–water partition coefficient (Wildman–Crippen LogP) is 3.70. The number of cyclic esters (lactones) is 1. The molecule has 1 aromatic heterocycles. The van der Waals surface area contributed by atoms with Gasteiger partial charge in [-0.25, -0.2) is 14.8 Å². The number of rotatable bonds is 5. The van der Waals surface area contributed by atoms with Gasteiger partial charge in [-0.3, -0.25) is 9.69 Å². The Morgan fingerprint density at radius 1 is 1.33 bits per heavy atom. The van der Waals surface area contributed by atoms with Crippen LogP contribution >= 0.6 is 11.6 Å². The van der Waals surface area contributed by atoms with E-state index in [0.29, 0.717) is 19.0 Å². The van der Waals surface area contributed by atoms with Crippen LogP contribution in [0.2, 0.25) is 5.02 Å². The monoisotopic (exact) mass is 388 g/mol. The highest BCUT2D eigenvalue weighted by molar-refractivity contribution is 6.33. The van der Waals surface area contributed by atoms with Crippen LogP contribution in [0.5, 0.6) is 0 Å². The van der Waals surface area contributed by atoms with E-state index in [-0.39, 0.29) is 34.7 Å². The second-order valence-corrected chi connectivity index (χ2v) is 7.04. The number of carbonyl (C=O) groups is 2. The Morgan fingerprint density at radius 3 is 2.78 bits per heavy atom. The minimum Gasteiger partial charge on any atom is -0.447 e. The Kier molecular flexibility index (Phi) is 5.60. The number of ether oxygens (including phenoxy) is 1. The number of nitrogens with one attached hydrogen (secondary N) is 1. The van der Waals surface area contributed by atoms with Crippen molar-refractivity contribution in [2.24, 2.45) is 0 Å². The molecule has 1 fully saturated rings. The first-order chi connectivity index (χ1) is 12.9. The maximum atomic E-state index is 12.6. The summed E-state index contributed by atoms with van der Waals surface area (Å²) in [4.78, 5) is 34.4. The summed E-state index contributed by atoms with van der Waals surface area (Å²) in [6, 6.07) is 7.12. The van der Waals surface area contributed by atoms with E-state index in [9.17, 15) is 9.59 Å². The van der Waals surface area contributed by atoms with E-state index in [0.717, 1.165) is 11.3 Å². The summed E-state index contributed by atoms with van der Waals surface area (Å²) in [6.07, 6.45) is 1.08. The zero-order valence-corrected chi connectivity index (χ0v) is 16.2. The molecule has 0 bridgehead atoms. The van der Waals surface area contributed by atoms with Crippen LogP contribution in [0.25, 0.3) is 0 Å². The number of nitrogens with zero attached hydrogens (tertiary/aromatic N) is 3. The van der Waals surface area contributed by atoms with Gasteiger partial charge in [0.05, 0.1) is 23.8 Å². The van der Waals surface area contributed by atoms with Crippen LogP contribution in [0.1, 0.15) is 54.6 Å². The van der Waals surface area contributed by atoms with Gasteiger partial charge < -0.3 is 10.1 Å². The molecule has 1 aliphatic rings. The molecular formula is C19H21ClN4O3. The third kappa shape index (κ3) is 4.19. The highest BCUT2D eigenvalue weighted by atomic mass is 35.5. The number of halogens is 1. The molecule has 142 valence electrons. The van der Waals surface area contributed by atoms with Gasteiger partial charge >= 0.3 is 6.09 Å². The largest absolute Gasteiger partial charge is 0.447 e. The van der Waals surface area contributed by atoms with Crippen LogP contribution in [0.3, 0.4) is 0 Å². The first kappa shape index (κ1) is 19.1. The zero-order chi connectivity index (χ0) is 19.6. The average Bonchev–Trinajstić information content (AvgIpc) is 3.07. The molecule has 7 nitrogen and oxygen atoms in total. The first-order valence-corrected chi connectivity index (χ1v) is 9.12.